The van der Waals surface area contributed by atoms with Crippen LogP contribution in [0.4, 0.5) is 0 Å². The zero-order valence-electron chi connectivity index (χ0n) is 13.3. The van der Waals surface area contributed by atoms with E-state index in [-0.39, 0.29) is 36.4 Å². The normalized spacial score (nSPS) is 18.3. The van der Waals surface area contributed by atoms with Crippen molar-refractivity contribution in [3.63, 3.8) is 0 Å². The van der Waals surface area contributed by atoms with Crippen LogP contribution in [0.25, 0.3) is 0 Å². The first-order valence-corrected chi connectivity index (χ1v) is 7.88. The minimum Gasteiger partial charge on any atom is -0.390 e. The van der Waals surface area contributed by atoms with Crippen LogP contribution in [0.3, 0.4) is 0 Å². The smallest absolute Gasteiger partial charge is 0.0818 e. The van der Waals surface area contributed by atoms with Crippen LogP contribution in [0.5, 0.6) is 0 Å². The van der Waals surface area contributed by atoms with Gasteiger partial charge in [-0.2, -0.15) is 0 Å². The molecule has 1 aliphatic carbocycles. The summed E-state index contributed by atoms with van der Waals surface area (Å²) in [5.74, 6) is 0. The molecule has 0 unspecified atom stereocenters. The number of halogens is 2. The highest BCUT2D eigenvalue weighted by Gasteiger charge is 2.35. The third-order valence-electron chi connectivity index (χ3n) is 4.53. The van der Waals surface area contributed by atoms with E-state index in [0.717, 1.165) is 6.42 Å². The number of rotatable bonds is 8. The standard InChI is InChI=1S/C17H28N2O.2ClH/c1-2-9-17(10-6-11-17)19-13-16(20)15(18)12-14-7-4-3-5-8-14;;/h3-5,7-8,15-16,19-20H,2,6,9-13,18H2,1H3;2*1H/t15-,16+;;/m0../s1. The summed E-state index contributed by atoms with van der Waals surface area (Å²) in [6.45, 7) is 2.83. The third kappa shape index (κ3) is 6.05. The molecule has 3 nitrogen and oxygen atoms in total. The van der Waals surface area contributed by atoms with Gasteiger partial charge in [0.2, 0.25) is 0 Å². The Hall–Kier alpha value is -0.320. The fraction of sp³-hybridized carbons (Fsp3) is 0.647. The molecule has 22 heavy (non-hydrogen) atoms. The van der Waals surface area contributed by atoms with Crippen molar-refractivity contribution < 1.29 is 5.11 Å². The molecule has 1 aromatic rings. The van der Waals surface area contributed by atoms with E-state index in [0.29, 0.717) is 6.54 Å². The van der Waals surface area contributed by atoms with Crippen LogP contribution in [0.15, 0.2) is 30.3 Å². The zero-order valence-corrected chi connectivity index (χ0v) is 15.0. The van der Waals surface area contributed by atoms with Gasteiger partial charge in [0.25, 0.3) is 0 Å². The van der Waals surface area contributed by atoms with E-state index in [2.05, 4.69) is 24.4 Å². The van der Waals surface area contributed by atoms with Gasteiger partial charge in [-0.3, -0.25) is 0 Å². The Morgan fingerprint density at radius 2 is 1.86 bits per heavy atom. The van der Waals surface area contributed by atoms with Crippen molar-refractivity contribution >= 4 is 24.8 Å². The minimum atomic E-state index is -0.482. The maximum Gasteiger partial charge on any atom is 0.0818 e. The van der Waals surface area contributed by atoms with Crippen molar-refractivity contribution in [1.29, 1.82) is 0 Å². The lowest BCUT2D eigenvalue weighted by Gasteiger charge is -2.44. The van der Waals surface area contributed by atoms with Crippen molar-refractivity contribution in [1.82, 2.24) is 5.32 Å². The van der Waals surface area contributed by atoms with Crippen LogP contribution in [0.1, 0.15) is 44.6 Å². The van der Waals surface area contributed by atoms with Crippen LogP contribution >= 0.6 is 24.8 Å². The van der Waals surface area contributed by atoms with Crippen LogP contribution in [-0.2, 0) is 6.42 Å². The molecule has 1 aromatic carbocycles. The number of nitrogens with two attached hydrogens (primary N) is 1. The summed E-state index contributed by atoms with van der Waals surface area (Å²) in [5.41, 5.74) is 7.59. The lowest BCUT2D eigenvalue weighted by molar-refractivity contribution is 0.0993. The molecule has 2 rings (SSSR count). The lowest BCUT2D eigenvalue weighted by atomic mass is 9.73. The SMILES string of the molecule is CCCC1(NC[C@@H](O)[C@@H](N)Cc2ccccc2)CCC1.Cl.Cl. The molecule has 0 amide bonds. The second-order valence-corrected chi connectivity index (χ2v) is 6.19. The Balaban J connectivity index is 0.00000220. The molecule has 0 saturated heterocycles. The van der Waals surface area contributed by atoms with E-state index < -0.39 is 6.10 Å². The van der Waals surface area contributed by atoms with Gasteiger partial charge in [-0.15, -0.1) is 24.8 Å². The van der Waals surface area contributed by atoms with Crippen LogP contribution < -0.4 is 11.1 Å². The first-order chi connectivity index (χ1) is 9.65. The predicted molar refractivity (Wildman–Crippen MR) is 98.1 cm³/mol. The monoisotopic (exact) mass is 348 g/mol. The molecular formula is C17H30Cl2N2O. The van der Waals surface area contributed by atoms with Gasteiger partial charge in [0.15, 0.2) is 0 Å². The molecule has 0 radical (unpaired) electrons. The van der Waals surface area contributed by atoms with E-state index in [1.165, 1.54) is 37.7 Å². The molecule has 0 bridgehead atoms. The average molecular weight is 349 g/mol. The molecule has 128 valence electrons. The van der Waals surface area contributed by atoms with Crippen molar-refractivity contribution in [3.8, 4) is 0 Å². The second-order valence-electron chi connectivity index (χ2n) is 6.19. The molecule has 0 aliphatic heterocycles. The summed E-state index contributed by atoms with van der Waals surface area (Å²) in [6, 6.07) is 9.94. The van der Waals surface area contributed by atoms with E-state index in [1.54, 1.807) is 0 Å². The van der Waals surface area contributed by atoms with Crippen LogP contribution in [0.2, 0.25) is 0 Å². The summed E-state index contributed by atoms with van der Waals surface area (Å²) in [5, 5.41) is 13.8. The molecule has 0 spiro atoms. The van der Waals surface area contributed by atoms with Gasteiger partial charge in [0.05, 0.1) is 6.10 Å². The van der Waals surface area contributed by atoms with Crippen molar-refractivity contribution in [2.75, 3.05) is 6.54 Å². The molecular weight excluding hydrogens is 319 g/mol. The first-order valence-electron chi connectivity index (χ1n) is 7.88. The number of β-amino-alcohol motifs (C(OH)–C–C–N with tert-alkyl or cyclic N) is 1. The Bertz CT molecular complexity index is 399. The molecule has 0 aromatic heterocycles. The number of aliphatic hydroxyl groups is 1. The molecule has 1 saturated carbocycles. The fourth-order valence-electron chi connectivity index (χ4n) is 3.09. The van der Waals surface area contributed by atoms with Gasteiger partial charge < -0.3 is 16.2 Å². The predicted octanol–water partition coefficient (Wildman–Crippen LogP) is 3.07. The van der Waals surface area contributed by atoms with Crippen molar-refractivity contribution in [3.05, 3.63) is 35.9 Å². The molecule has 4 N–H and O–H groups in total. The van der Waals surface area contributed by atoms with Gasteiger partial charge in [0, 0.05) is 18.1 Å². The van der Waals surface area contributed by atoms with Crippen LogP contribution in [-0.4, -0.2) is 29.3 Å². The molecule has 0 heterocycles. The highest BCUT2D eigenvalue weighted by molar-refractivity contribution is 5.85. The highest BCUT2D eigenvalue weighted by Crippen LogP contribution is 2.35. The van der Waals surface area contributed by atoms with Gasteiger partial charge in [-0.25, -0.2) is 0 Å². The molecule has 1 fully saturated rings. The second kappa shape index (κ2) is 10.5. The topological polar surface area (TPSA) is 58.3 Å². The Morgan fingerprint density at radius 3 is 2.36 bits per heavy atom. The lowest BCUT2D eigenvalue weighted by Crippen LogP contribution is -2.55. The van der Waals surface area contributed by atoms with E-state index in [4.69, 9.17) is 5.73 Å². The largest absolute Gasteiger partial charge is 0.390 e. The fourth-order valence-corrected chi connectivity index (χ4v) is 3.09. The number of nitrogens with one attached hydrogen (secondary N) is 1. The summed E-state index contributed by atoms with van der Waals surface area (Å²) in [6.07, 6.45) is 6.42. The maximum absolute atomic E-state index is 10.2. The van der Waals surface area contributed by atoms with Crippen molar-refractivity contribution in [2.45, 2.75) is 63.1 Å². The first kappa shape index (κ1) is 21.7. The number of aliphatic hydroxyl groups excluding tert-OH is 1. The van der Waals surface area contributed by atoms with Gasteiger partial charge in [-0.1, -0.05) is 43.7 Å². The van der Waals surface area contributed by atoms with Gasteiger partial charge >= 0.3 is 0 Å². The summed E-state index contributed by atoms with van der Waals surface area (Å²) < 4.78 is 0. The molecule has 2 atom stereocenters. The summed E-state index contributed by atoms with van der Waals surface area (Å²) in [7, 11) is 0. The van der Waals surface area contributed by atoms with E-state index >= 15 is 0 Å². The number of hydrogen-bond donors (Lipinski definition) is 3. The Kier molecular flexibility index (Phi) is 10.3. The Morgan fingerprint density at radius 1 is 1.23 bits per heavy atom. The quantitative estimate of drug-likeness (QED) is 0.676. The summed E-state index contributed by atoms with van der Waals surface area (Å²) >= 11 is 0. The molecule has 5 heteroatoms. The van der Waals surface area contributed by atoms with Crippen LogP contribution in [0, 0.1) is 0 Å². The molecule has 1 aliphatic rings. The zero-order chi connectivity index (χ0) is 14.4. The summed E-state index contributed by atoms with van der Waals surface area (Å²) in [4.78, 5) is 0. The Labute approximate surface area is 146 Å². The number of hydrogen-bond acceptors (Lipinski definition) is 3. The van der Waals surface area contributed by atoms with E-state index in [9.17, 15) is 5.11 Å². The van der Waals surface area contributed by atoms with Crippen molar-refractivity contribution in [2.24, 2.45) is 5.73 Å². The maximum atomic E-state index is 10.2. The minimum absolute atomic E-state index is 0. The average Bonchev–Trinajstić information content (AvgIpc) is 2.42. The third-order valence-corrected chi connectivity index (χ3v) is 4.53. The van der Waals surface area contributed by atoms with Gasteiger partial charge in [0.1, 0.15) is 0 Å². The van der Waals surface area contributed by atoms with Gasteiger partial charge in [-0.05, 0) is 37.7 Å². The highest BCUT2D eigenvalue weighted by atomic mass is 35.5. The van der Waals surface area contributed by atoms with E-state index in [1.807, 2.05) is 18.2 Å². The number of benzene rings is 1.